The van der Waals surface area contributed by atoms with E-state index in [0.29, 0.717) is 0 Å². The standard InChI is InChI=1S/C23H24N3.ClH/c1-23(2)20-11-7-8-12-21(20)25(3)22(23)16-24-26(4)19-14-13-17-9-5-6-10-18(17)15-19;/h5-16H,1-4H3;1H/q+1;/p-1. The van der Waals surface area contributed by atoms with Crippen molar-refractivity contribution in [3.8, 4) is 0 Å². The number of fused-ring (bicyclic) bond motifs is 2. The first kappa shape index (κ1) is 19.1. The van der Waals surface area contributed by atoms with Gasteiger partial charge in [-0.2, -0.15) is 9.68 Å². The first-order valence-electron chi connectivity index (χ1n) is 8.95. The van der Waals surface area contributed by atoms with E-state index in [2.05, 4.69) is 92.2 Å². The summed E-state index contributed by atoms with van der Waals surface area (Å²) in [5.41, 5.74) is 4.83. The molecular formula is C23H24ClN3. The van der Waals surface area contributed by atoms with Crippen molar-refractivity contribution < 1.29 is 17.0 Å². The Morgan fingerprint density at radius 2 is 1.59 bits per heavy atom. The van der Waals surface area contributed by atoms with Crippen LogP contribution in [0, 0.1) is 0 Å². The van der Waals surface area contributed by atoms with Crippen LogP contribution in [0.3, 0.4) is 0 Å². The van der Waals surface area contributed by atoms with E-state index in [0.717, 1.165) is 5.69 Å². The summed E-state index contributed by atoms with van der Waals surface area (Å²) in [5, 5.41) is 9.15. The van der Waals surface area contributed by atoms with E-state index in [9.17, 15) is 0 Å². The predicted octanol–water partition coefficient (Wildman–Crippen LogP) is 1.97. The maximum Gasteiger partial charge on any atom is 0.212 e. The SMILES string of the molecule is CN(N=CC1=[N+](C)c2ccccc2C1(C)C)c1ccc2ccccc2c1.[Cl-]. The van der Waals surface area contributed by atoms with Crippen LogP contribution in [0.2, 0.25) is 0 Å². The van der Waals surface area contributed by atoms with Crippen LogP contribution < -0.4 is 17.4 Å². The molecule has 0 unspecified atom stereocenters. The van der Waals surface area contributed by atoms with Gasteiger partial charge in [-0.05, 0) is 36.8 Å². The first-order chi connectivity index (χ1) is 12.5. The normalized spacial score (nSPS) is 15.1. The van der Waals surface area contributed by atoms with Crippen LogP contribution in [0.15, 0.2) is 71.8 Å². The van der Waals surface area contributed by atoms with Crippen LogP contribution in [0.4, 0.5) is 11.4 Å². The lowest BCUT2D eigenvalue weighted by Crippen LogP contribution is -3.00. The van der Waals surface area contributed by atoms with Crippen LogP contribution in [-0.2, 0) is 5.41 Å². The number of para-hydroxylation sites is 1. The predicted molar refractivity (Wildman–Crippen MR) is 111 cm³/mol. The van der Waals surface area contributed by atoms with Crippen molar-refractivity contribution in [1.29, 1.82) is 0 Å². The second-order valence-electron chi connectivity index (χ2n) is 7.39. The Hall–Kier alpha value is -2.65. The quantitative estimate of drug-likeness (QED) is 0.388. The molecule has 138 valence electrons. The molecule has 3 aromatic rings. The molecule has 0 saturated carbocycles. The van der Waals surface area contributed by atoms with Crippen molar-refractivity contribution >= 4 is 34.1 Å². The van der Waals surface area contributed by atoms with Gasteiger partial charge in [-0.25, -0.2) is 0 Å². The number of hydrogen-bond donors (Lipinski definition) is 0. The summed E-state index contributed by atoms with van der Waals surface area (Å²) < 4.78 is 2.24. The van der Waals surface area contributed by atoms with E-state index in [1.165, 1.54) is 27.7 Å². The molecule has 0 fully saturated rings. The summed E-state index contributed by atoms with van der Waals surface area (Å²) in [6, 6.07) is 23.4. The maximum atomic E-state index is 4.74. The maximum absolute atomic E-state index is 4.74. The zero-order chi connectivity index (χ0) is 18.3. The molecule has 4 rings (SSSR count). The van der Waals surface area contributed by atoms with Crippen molar-refractivity contribution in [3.05, 3.63) is 72.3 Å². The number of hydrogen-bond acceptors (Lipinski definition) is 2. The second-order valence-corrected chi connectivity index (χ2v) is 7.39. The zero-order valence-electron chi connectivity index (χ0n) is 16.1. The Bertz CT molecular complexity index is 1050. The van der Waals surface area contributed by atoms with Gasteiger partial charge in [0.05, 0.1) is 11.1 Å². The fourth-order valence-electron chi connectivity index (χ4n) is 3.82. The van der Waals surface area contributed by atoms with E-state index in [1.54, 1.807) is 0 Å². The van der Waals surface area contributed by atoms with Gasteiger partial charge in [0.15, 0.2) is 0 Å². The van der Waals surface area contributed by atoms with E-state index < -0.39 is 0 Å². The minimum Gasteiger partial charge on any atom is -1.00 e. The molecule has 0 radical (unpaired) electrons. The summed E-state index contributed by atoms with van der Waals surface area (Å²) in [7, 11) is 4.11. The van der Waals surface area contributed by atoms with Gasteiger partial charge in [-0.3, -0.25) is 5.01 Å². The Morgan fingerprint density at radius 3 is 2.33 bits per heavy atom. The lowest BCUT2D eigenvalue weighted by molar-refractivity contribution is -0.400. The second kappa shape index (κ2) is 7.16. The molecule has 3 nitrogen and oxygen atoms in total. The summed E-state index contributed by atoms with van der Waals surface area (Å²) in [6.45, 7) is 4.51. The molecular weight excluding hydrogens is 354 g/mol. The third-order valence-corrected chi connectivity index (χ3v) is 5.40. The van der Waals surface area contributed by atoms with E-state index in [4.69, 9.17) is 5.10 Å². The molecule has 27 heavy (non-hydrogen) atoms. The average Bonchev–Trinajstić information content (AvgIpc) is 2.86. The van der Waals surface area contributed by atoms with Gasteiger partial charge in [0, 0.05) is 18.7 Å². The highest BCUT2D eigenvalue weighted by molar-refractivity contribution is 6.33. The monoisotopic (exact) mass is 377 g/mol. The van der Waals surface area contributed by atoms with Gasteiger partial charge >= 0.3 is 0 Å². The number of nitrogens with zero attached hydrogens (tertiary/aromatic N) is 3. The Morgan fingerprint density at radius 1 is 0.926 bits per heavy atom. The smallest absolute Gasteiger partial charge is 0.212 e. The third kappa shape index (κ3) is 3.24. The Kier molecular flexibility index (Phi) is 5.07. The summed E-state index contributed by atoms with van der Waals surface area (Å²) in [5.74, 6) is 0. The molecule has 0 saturated heterocycles. The van der Waals surface area contributed by atoms with Crippen LogP contribution in [0.5, 0.6) is 0 Å². The minimum atomic E-state index is -0.0565. The fraction of sp³-hybridized carbons (Fsp3) is 0.217. The molecule has 3 aromatic carbocycles. The van der Waals surface area contributed by atoms with E-state index in [-0.39, 0.29) is 17.8 Å². The van der Waals surface area contributed by atoms with Crippen LogP contribution in [0.25, 0.3) is 10.8 Å². The van der Waals surface area contributed by atoms with Crippen LogP contribution in [0.1, 0.15) is 19.4 Å². The highest BCUT2D eigenvalue weighted by Crippen LogP contribution is 2.38. The molecule has 1 aliphatic heterocycles. The van der Waals surface area contributed by atoms with Crippen molar-refractivity contribution in [2.45, 2.75) is 19.3 Å². The van der Waals surface area contributed by atoms with Gasteiger partial charge in [-0.1, -0.05) is 48.5 Å². The van der Waals surface area contributed by atoms with Gasteiger partial charge < -0.3 is 12.4 Å². The molecule has 0 aromatic heterocycles. The zero-order valence-corrected chi connectivity index (χ0v) is 16.9. The number of hydrazone groups is 1. The molecule has 0 aliphatic carbocycles. The summed E-state index contributed by atoms with van der Waals surface area (Å²) in [4.78, 5) is 0. The van der Waals surface area contributed by atoms with Gasteiger partial charge in [0.25, 0.3) is 0 Å². The third-order valence-electron chi connectivity index (χ3n) is 5.40. The first-order valence-corrected chi connectivity index (χ1v) is 8.95. The number of rotatable bonds is 3. The lowest BCUT2D eigenvalue weighted by Gasteiger charge is -2.17. The van der Waals surface area contributed by atoms with E-state index in [1.807, 2.05) is 18.3 Å². The molecule has 0 amide bonds. The van der Waals surface area contributed by atoms with Crippen molar-refractivity contribution in [2.24, 2.45) is 5.10 Å². The molecule has 0 N–H and O–H groups in total. The molecule has 0 atom stereocenters. The Labute approximate surface area is 167 Å². The topological polar surface area (TPSA) is 18.6 Å². The summed E-state index contributed by atoms with van der Waals surface area (Å²) in [6.07, 6.45) is 2.00. The molecule has 1 heterocycles. The highest BCUT2D eigenvalue weighted by atomic mass is 35.5. The fourth-order valence-corrected chi connectivity index (χ4v) is 3.82. The molecule has 1 aliphatic rings. The van der Waals surface area contributed by atoms with E-state index >= 15 is 0 Å². The number of anilines is 1. The van der Waals surface area contributed by atoms with Crippen molar-refractivity contribution in [3.63, 3.8) is 0 Å². The van der Waals surface area contributed by atoms with Gasteiger partial charge in [-0.15, -0.1) is 0 Å². The highest BCUT2D eigenvalue weighted by Gasteiger charge is 2.43. The average molecular weight is 378 g/mol. The minimum absolute atomic E-state index is 0. The largest absolute Gasteiger partial charge is 1.00 e. The van der Waals surface area contributed by atoms with Crippen molar-refractivity contribution in [1.82, 2.24) is 0 Å². The van der Waals surface area contributed by atoms with Gasteiger partial charge in [0.1, 0.15) is 13.3 Å². The lowest BCUT2D eigenvalue weighted by atomic mass is 9.82. The molecule has 0 spiro atoms. The molecule has 0 bridgehead atoms. The number of halogens is 1. The molecule has 4 heteroatoms. The van der Waals surface area contributed by atoms with Crippen molar-refractivity contribution in [2.75, 3.05) is 19.1 Å². The van der Waals surface area contributed by atoms with Crippen LogP contribution in [-0.4, -0.2) is 30.6 Å². The van der Waals surface area contributed by atoms with Gasteiger partial charge in [0.2, 0.25) is 11.4 Å². The summed E-state index contributed by atoms with van der Waals surface area (Å²) >= 11 is 0. The number of benzene rings is 3. The van der Waals surface area contributed by atoms with Crippen LogP contribution >= 0.6 is 0 Å². The Balaban J connectivity index is 0.00000210.